The molecule has 108 valence electrons. The maximum absolute atomic E-state index is 6.17. The van der Waals surface area contributed by atoms with Crippen LogP contribution >= 0.6 is 15.9 Å². The lowest BCUT2D eigenvalue weighted by molar-refractivity contribution is -0.0183. The van der Waals surface area contributed by atoms with Crippen LogP contribution in [0.15, 0.2) is 4.47 Å². The summed E-state index contributed by atoms with van der Waals surface area (Å²) in [5, 5.41) is 4.62. The van der Waals surface area contributed by atoms with Crippen LogP contribution in [0, 0.1) is 5.92 Å². The molecule has 4 heteroatoms. The molecule has 3 nitrogen and oxygen atoms in total. The van der Waals surface area contributed by atoms with E-state index in [1.807, 2.05) is 0 Å². The van der Waals surface area contributed by atoms with Gasteiger partial charge in [0.15, 0.2) is 0 Å². The van der Waals surface area contributed by atoms with Crippen molar-refractivity contribution in [3.05, 3.63) is 15.9 Å². The molecule has 2 rings (SSSR count). The summed E-state index contributed by atoms with van der Waals surface area (Å²) in [5.74, 6) is 0.691. The van der Waals surface area contributed by atoms with Crippen molar-refractivity contribution in [2.24, 2.45) is 5.92 Å². The molecule has 0 saturated heterocycles. The van der Waals surface area contributed by atoms with Crippen molar-refractivity contribution >= 4 is 15.9 Å². The zero-order valence-electron chi connectivity index (χ0n) is 12.3. The summed E-state index contributed by atoms with van der Waals surface area (Å²) in [4.78, 5) is 0. The third-order valence-corrected chi connectivity index (χ3v) is 5.08. The summed E-state index contributed by atoms with van der Waals surface area (Å²) in [6.07, 6.45) is 6.56. The largest absolute Gasteiger partial charge is 0.372 e. The van der Waals surface area contributed by atoms with E-state index in [0.29, 0.717) is 18.6 Å². The molecule has 1 aliphatic carbocycles. The Labute approximate surface area is 124 Å². The first-order valence-electron chi connectivity index (χ1n) is 7.53. The Morgan fingerprint density at radius 1 is 1.32 bits per heavy atom. The van der Waals surface area contributed by atoms with Gasteiger partial charge in [-0.15, -0.1) is 0 Å². The molecule has 1 heterocycles. The summed E-state index contributed by atoms with van der Waals surface area (Å²) in [6.45, 7) is 8.16. The van der Waals surface area contributed by atoms with E-state index in [2.05, 4.69) is 46.5 Å². The van der Waals surface area contributed by atoms with Crippen molar-refractivity contribution in [1.82, 2.24) is 9.78 Å². The molecule has 0 bridgehead atoms. The Morgan fingerprint density at radius 3 is 2.68 bits per heavy atom. The van der Waals surface area contributed by atoms with E-state index in [1.165, 1.54) is 31.4 Å². The van der Waals surface area contributed by atoms with Crippen molar-refractivity contribution in [3.8, 4) is 0 Å². The molecule has 0 aromatic carbocycles. The van der Waals surface area contributed by atoms with Crippen molar-refractivity contribution in [1.29, 1.82) is 0 Å². The van der Waals surface area contributed by atoms with E-state index in [1.54, 1.807) is 0 Å². The average Bonchev–Trinajstić information content (AvgIpc) is 2.74. The molecule has 0 spiro atoms. The second kappa shape index (κ2) is 6.89. The van der Waals surface area contributed by atoms with Gasteiger partial charge in [0.05, 0.1) is 28.6 Å². The van der Waals surface area contributed by atoms with E-state index >= 15 is 0 Å². The minimum atomic E-state index is 0.422. The third kappa shape index (κ3) is 3.40. The molecule has 2 unspecified atom stereocenters. The van der Waals surface area contributed by atoms with Crippen LogP contribution in [0.25, 0.3) is 0 Å². The van der Waals surface area contributed by atoms with E-state index in [0.717, 1.165) is 23.1 Å². The molecular formula is C15H25BrN2O. The van der Waals surface area contributed by atoms with Crippen molar-refractivity contribution in [2.75, 3.05) is 0 Å². The second-order valence-corrected chi connectivity index (χ2v) is 6.28. The van der Waals surface area contributed by atoms with Gasteiger partial charge in [-0.3, -0.25) is 4.68 Å². The predicted octanol–water partition coefficient (Wildman–Crippen LogP) is 4.32. The van der Waals surface area contributed by atoms with E-state index in [9.17, 15) is 0 Å². The molecule has 0 N–H and O–H groups in total. The van der Waals surface area contributed by atoms with Crippen LogP contribution in [0.4, 0.5) is 0 Å². The molecular weight excluding hydrogens is 304 g/mol. The van der Waals surface area contributed by atoms with Crippen LogP contribution in [-0.4, -0.2) is 15.9 Å². The maximum atomic E-state index is 6.17. The number of aryl methyl sites for hydroxylation is 2. The molecule has 1 aromatic heterocycles. The Bertz CT molecular complexity index is 417. The second-order valence-electron chi connectivity index (χ2n) is 5.49. The van der Waals surface area contributed by atoms with E-state index < -0.39 is 0 Å². The number of halogens is 1. The van der Waals surface area contributed by atoms with Crippen molar-refractivity contribution < 1.29 is 4.74 Å². The lowest BCUT2D eigenvalue weighted by atomic mass is 9.88. The predicted molar refractivity (Wildman–Crippen MR) is 81.2 cm³/mol. The normalized spacial score (nSPS) is 23.8. The quantitative estimate of drug-likeness (QED) is 0.804. The topological polar surface area (TPSA) is 27.1 Å². The zero-order valence-corrected chi connectivity index (χ0v) is 13.9. The Balaban J connectivity index is 2.04. The zero-order chi connectivity index (χ0) is 13.8. The summed E-state index contributed by atoms with van der Waals surface area (Å²) >= 11 is 3.68. The van der Waals surface area contributed by atoms with Crippen LogP contribution in [0.1, 0.15) is 57.8 Å². The number of ether oxygens (including phenoxy) is 1. The summed E-state index contributed by atoms with van der Waals surface area (Å²) < 4.78 is 9.38. The van der Waals surface area contributed by atoms with Gasteiger partial charge in [-0.2, -0.15) is 5.10 Å². The lowest BCUT2D eigenvalue weighted by Crippen LogP contribution is -2.25. The van der Waals surface area contributed by atoms with Gasteiger partial charge in [-0.05, 0) is 48.0 Å². The standard InChI is InChI=1S/C15H25BrN2O/c1-4-12-15(16)13(18(5-2)17-12)10-19-14-9-7-6-8-11(14)3/h11,14H,4-10H2,1-3H3. The average molecular weight is 329 g/mol. The molecule has 0 aliphatic heterocycles. The first-order valence-corrected chi connectivity index (χ1v) is 8.32. The highest BCUT2D eigenvalue weighted by atomic mass is 79.9. The molecule has 1 fully saturated rings. The van der Waals surface area contributed by atoms with Crippen LogP contribution in [0.3, 0.4) is 0 Å². The molecule has 0 amide bonds. The van der Waals surface area contributed by atoms with Gasteiger partial charge in [-0.25, -0.2) is 0 Å². The van der Waals surface area contributed by atoms with Crippen LogP contribution < -0.4 is 0 Å². The Morgan fingerprint density at radius 2 is 2.05 bits per heavy atom. The summed E-state index contributed by atoms with van der Waals surface area (Å²) in [5.41, 5.74) is 2.33. The maximum Gasteiger partial charge on any atom is 0.0900 e. The summed E-state index contributed by atoms with van der Waals surface area (Å²) in [7, 11) is 0. The first-order chi connectivity index (χ1) is 9.17. The monoisotopic (exact) mass is 328 g/mol. The highest BCUT2D eigenvalue weighted by molar-refractivity contribution is 9.10. The third-order valence-electron chi connectivity index (χ3n) is 4.16. The smallest absolute Gasteiger partial charge is 0.0900 e. The first kappa shape index (κ1) is 15.0. The molecule has 2 atom stereocenters. The van der Waals surface area contributed by atoms with Gasteiger partial charge in [0, 0.05) is 6.54 Å². The fourth-order valence-corrected chi connectivity index (χ4v) is 3.55. The van der Waals surface area contributed by atoms with Gasteiger partial charge in [-0.1, -0.05) is 26.7 Å². The van der Waals surface area contributed by atoms with Gasteiger partial charge in [0.25, 0.3) is 0 Å². The number of nitrogens with zero attached hydrogens (tertiary/aromatic N) is 2. The SMILES string of the molecule is CCc1nn(CC)c(COC2CCCCC2C)c1Br. The highest BCUT2D eigenvalue weighted by Gasteiger charge is 2.23. The van der Waals surface area contributed by atoms with Crippen molar-refractivity contribution in [3.63, 3.8) is 0 Å². The minimum Gasteiger partial charge on any atom is -0.372 e. The molecule has 1 aromatic rings. The van der Waals surface area contributed by atoms with Crippen molar-refractivity contribution in [2.45, 2.75) is 72.1 Å². The number of rotatable bonds is 5. The Kier molecular flexibility index (Phi) is 5.46. The minimum absolute atomic E-state index is 0.422. The molecule has 19 heavy (non-hydrogen) atoms. The van der Waals surface area contributed by atoms with Crippen LogP contribution in [-0.2, 0) is 24.3 Å². The number of hydrogen-bond acceptors (Lipinski definition) is 2. The van der Waals surface area contributed by atoms with Crippen LogP contribution in [0.2, 0.25) is 0 Å². The van der Waals surface area contributed by atoms with Gasteiger partial charge in [0.2, 0.25) is 0 Å². The Hall–Kier alpha value is -0.350. The number of hydrogen-bond donors (Lipinski definition) is 0. The van der Waals surface area contributed by atoms with Gasteiger partial charge in [0.1, 0.15) is 0 Å². The van der Waals surface area contributed by atoms with Crippen LogP contribution in [0.5, 0.6) is 0 Å². The summed E-state index contributed by atoms with van der Waals surface area (Å²) in [6, 6.07) is 0. The number of aromatic nitrogens is 2. The van der Waals surface area contributed by atoms with Gasteiger partial charge < -0.3 is 4.74 Å². The lowest BCUT2D eigenvalue weighted by Gasteiger charge is -2.28. The fraction of sp³-hybridized carbons (Fsp3) is 0.800. The van der Waals surface area contributed by atoms with E-state index in [-0.39, 0.29) is 0 Å². The van der Waals surface area contributed by atoms with Gasteiger partial charge >= 0.3 is 0 Å². The fourth-order valence-electron chi connectivity index (χ4n) is 2.87. The molecule has 1 aliphatic rings. The molecule has 0 radical (unpaired) electrons. The highest BCUT2D eigenvalue weighted by Crippen LogP contribution is 2.29. The van der Waals surface area contributed by atoms with E-state index in [4.69, 9.17) is 4.74 Å². The molecule has 1 saturated carbocycles.